The number of rotatable bonds is 4. The summed E-state index contributed by atoms with van der Waals surface area (Å²) in [5, 5.41) is 2.60. The quantitative estimate of drug-likeness (QED) is 0.587. The third-order valence-electron chi connectivity index (χ3n) is 2.50. The maximum atomic E-state index is 13.7. The molecule has 0 aliphatic rings. The van der Waals surface area contributed by atoms with E-state index in [1.165, 1.54) is 6.07 Å². The molecular formula is C12H12BrF2N5. The minimum atomic E-state index is -0.726. The Bertz CT molecular complexity index is 590. The van der Waals surface area contributed by atoms with Crippen molar-refractivity contribution >= 4 is 33.3 Å². The van der Waals surface area contributed by atoms with Crippen LogP contribution >= 0.6 is 15.9 Å². The number of aryl methyl sites for hydroxylation is 1. The smallest absolute Gasteiger partial charge is 0.150 e. The number of hydrogen-bond donors (Lipinski definition) is 3. The molecular weight excluding hydrogens is 332 g/mol. The van der Waals surface area contributed by atoms with Gasteiger partial charge in [0.25, 0.3) is 0 Å². The SMILES string of the molecule is CCc1nc(NN)cc(Nc2c(F)cc(Br)cc2F)n1. The van der Waals surface area contributed by atoms with Crippen molar-refractivity contribution in [1.29, 1.82) is 0 Å². The summed E-state index contributed by atoms with van der Waals surface area (Å²) in [6, 6.07) is 3.78. The van der Waals surface area contributed by atoms with Gasteiger partial charge in [-0.3, -0.25) is 0 Å². The van der Waals surface area contributed by atoms with Gasteiger partial charge in [-0.25, -0.2) is 24.6 Å². The van der Waals surface area contributed by atoms with Crippen molar-refractivity contribution in [3.8, 4) is 0 Å². The predicted octanol–water partition coefficient (Wildman–Crippen LogP) is 3.11. The van der Waals surface area contributed by atoms with Crippen molar-refractivity contribution in [2.75, 3.05) is 10.7 Å². The maximum absolute atomic E-state index is 13.7. The fourth-order valence-corrected chi connectivity index (χ4v) is 1.98. The summed E-state index contributed by atoms with van der Waals surface area (Å²) in [4.78, 5) is 8.23. The van der Waals surface area contributed by atoms with Crippen molar-refractivity contribution in [1.82, 2.24) is 9.97 Å². The Kier molecular flexibility index (Phi) is 4.46. The second kappa shape index (κ2) is 6.10. The molecule has 1 aromatic carbocycles. The highest BCUT2D eigenvalue weighted by Crippen LogP contribution is 2.26. The first-order chi connectivity index (χ1) is 9.53. The van der Waals surface area contributed by atoms with Crippen molar-refractivity contribution in [3.05, 3.63) is 40.1 Å². The molecule has 0 atom stereocenters. The van der Waals surface area contributed by atoms with E-state index >= 15 is 0 Å². The second-order valence-electron chi connectivity index (χ2n) is 3.92. The number of nitrogen functional groups attached to an aromatic ring is 1. The monoisotopic (exact) mass is 343 g/mol. The second-order valence-corrected chi connectivity index (χ2v) is 4.84. The van der Waals surface area contributed by atoms with Gasteiger partial charge in [0.05, 0.1) is 0 Å². The molecule has 0 saturated carbocycles. The Morgan fingerprint density at radius 3 is 2.30 bits per heavy atom. The van der Waals surface area contributed by atoms with Crippen LogP contribution in [0.25, 0.3) is 0 Å². The minimum absolute atomic E-state index is 0.255. The van der Waals surface area contributed by atoms with Gasteiger partial charge in [-0.1, -0.05) is 22.9 Å². The summed E-state index contributed by atoms with van der Waals surface area (Å²) in [6.07, 6.45) is 0.565. The summed E-state index contributed by atoms with van der Waals surface area (Å²) in [5.74, 6) is 4.95. The van der Waals surface area contributed by atoms with E-state index in [1.807, 2.05) is 6.92 Å². The van der Waals surface area contributed by atoms with E-state index in [0.29, 0.717) is 22.5 Å². The first kappa shape index (κ1) is 14.6. The molecule has 5 nitrogen and oxygen atoms in total. The third kappa shape index (κ3) is 3.20. The topological polar surface area (TPSA) is 75.9 Å². The van der Waals surface area contributed by atoms with Gasteiger partial charge in [0.1, 0.15) is 23.1 Å². The zero-order chi connectivity index (χ0) is 14.7. The number of nitrogens with zero attached hydrogens (tertiary/aromatic N) is 2. The summed E-state index contributed by atoms with van der Waals surface area (Å²) in [6.45, 7) is 1.86. The van der Waals surface area contributed by atoms with E-state index in [0.717, 1.165) is 12.1 Å². The molecule has 0 unspecified atom stereocenters. The highest BCUT2D eigenvalue weighted by Gasteiger charge is 2.12. The highest BCUT2D eigenvalue weighted by molar-refractivity contribution is 9.10. The van der Waals surface area contributed by atoms with Gasteiger partial charge in [0, 0.05) is 17.0 Å². The largest absolute Gasteiger partial charge is 0.335 e. The summed E-state index contributed by atoms with van der Waals surface area (Å²) >= 11 is 3.02. The van der Waals surface area contributed by atoms with Gasteiger partial charge < -0.3 is 10.7 Å². The highest BCUT2D eigenvalue weighted by atomic mass is 79.9. The van der Waals surface area contributed by atoms with Crippen LogP contribution < -0.4 is 16.6 Å². The number of nitrogens with two attached hydrogens (primary N) is 1. The van der Waals surface area contributed by atoms with E-state index < -0.39 is 11.6 Å². The fraction of sp³-hybridized carbons (Fsp3) is 0.167. The average molecular weight is 344 g/mol. The van der Waals surface area contributed by atoms with Gasteiger partial charge in [-0.05, 0) is 12.1 Å². The van der Waals surface area contributed by atoms with Gasteiger partial charge in [-0.15, -0.1) is 0 Å². The number of aromatic nitrogens is 2. The normalized spacial score (nSPS) is 10.4. The van der Waals surface area contributed by atoms with E-state index in [1.54, 1.807) is 0 Å². The van der Waals surface area contributed by atoms with Crippen LogP contribution in [0, 0.1) is 11.6 Å². The van der Waals surface area contributed by atoms with Crippen LogP contribution in [-0.4, -0.2) is 9.97 Å². The van der Waals surface area contributed by atoms with Crippen molar-refractivity contribution < 1.29 is 8.78 Å². The van der Waals surface area contributed by atoms with E-state index in [2.05, 4.69) is 36.6 Å². The van der Waals surface area contributed by atoms with Crippen LogP contribution in [0.4, 0.5) is 26.1 Å². The first-order valence-corrected chi connectivity index (χ1v) is 6.59. The van der Waals surface area contributed by atoms with Crippen LogP contribution in [0.3, 0.4) is 0 Å². The molecule has 0 amide bonds. The van der Waals surface area contributed by atoms with Gasteiger partial charge in [0.2, 0.25) is 0 Å². The van der Waals surface area contributed by atoms with Crippen LogP contribution in [0.5, 0.6) is 0 Å². The Morgan fingerprint density at radius 1 is 1.15 bits per heavy atom. The number of hydrogen-bond acceptors (Lipinski definition) is 5. The van der Waals surface area contributed by atoms with Gasteiger partial charge in [-0.2, -0.15) is 0 Å². The average Bonchev–Trinajstić information content (AvgIpc) is 2.42. The third-order valence-corrected chi connectivity index (χ3v) is 2.95. The zero-order valence-electron chi connectivity index (χ0n) is 10.5. The molecule has 2 aromatic rings. The Balaban J connectivity index is 2.39. The molecule has 106 valence electrons. The number of halogens is 3. The maximum Gasteiger partial charge on any atom is 0.150 e. The molecule has 8 heteroatoms. The van der Waals surface area contributed by atoms with Crippen molar-refractivity contribution in [2.24, 2.45) is 5.84 Å². The Labute approximate surface area is 122 Å². The van der Waals surface area contributed by atoms with Crippen molar-refractivity contribution in [3.63, 3.8) is 0 Å². The number of hydrazine groups is 1. The number of benzene rings is 1. The predicted molar refractivity (Wildman–Crippen MR) is 76.6 cm³/mol. The molecule has 1 heterocycles. The van der Waals surface area contributed by atoms with E-state index in [9.17, 15) is 8.78 Å². The molecule has 0 spiro atoms. The van der Waals surface area contributed by atoms with Gasteiger partial charge >= 0.3 is 0 Å². The molecule has 0 aliphatic heterocycles. The number of anilines is 3. The lowest BCUT2D eigenvalue weighted by Gasteiger charge is -2.11. The zero-order valence-corrected chi connectivity index (χ0v) is 12.1. The molecule has 0 aliphatic carbocycles. The lowest BCUT2D eigenvalue weighted by atomic mass is 10.3. The molecule has 0 bridgehead atoms. The van der Waals surface area contributed by atoms with Crippen LogP contribution in [0.1, 0.15) is 12.7 Å². The summed E-state index contributed by atoms with van der Waals surface area (Å²) in [5.41, 5.74) is 2.10. The number of nitrogens with one attached hydrogen (secondary N) is 2. The Hall–Kier alpha value is -1.80. The van der Waals surface area contributed by atoms with E-state index in [4.69, 9.17) is 5.84 Å². The van der Waals surface area contributed by atoms with Crippen LogP contribution in [0.15, 0.2) is 22.7 Å². The lowest BCUT2D eigenvalue weighted by Crippen LogP contribution is -2.11. The summed E-state index contributed by atoms with van der Waals surface area (Å²) < 4.78 is 27.8. The van der Waals surface area contributed by atoms with Gasteiger partial charge in [0.15, 0.2) is 11.6 Å². The molecule has 20 heavy (non-hydrogen) atoms. The molecule has 4 N–H and O–H groups in total. The molecule has 0 fully saturated rings. The van der Waals surface area contributed by atoms with Crippen LogP contribution in [0.2, 0.25) is 0 Å². The molecule has 1 aromatic heterocycles. The first-order valence-electron chi connectivity index (χ1n) is 5.79. The molecule has 0 radical (unpaired) electrons. The minimum Gasteiger partial charge on any atom is -0.335 e. The molecule has 0 saturated heterocycles. The van der Waals surface area contributed by atoms with E-state index in [-0.39, 0.29) is 11.5 Å². The van der Waals surface area contributed by atoms with Crippen molar-refractivity contribution in [2.45, 2.75) is 13.3 Å². The van der Waals surface area contributed by atoms with Crippen LogP contribution in [-0.2, 0) is 6.42 Å². The fourth-order valence-electron chi connectivity index (χ4n) is 1.58. The standard InChI is InChI=1S/C12H12BrF2N5/c1-2-9-17-10(5-11(18-9)20-16)19-12-7(14)3-6(13)4-8(12)15/h3-5H,2,16H2,1H3,(H2,17,18,19,20). The Morgan fingerprint density at radius 2 is 1.75 bits per heavy atom. The lowest BCUT2D eigenvalue weighted by molar-refractivity contribution is 0.589. The molecule has 2 rings (SSSR count). The summed E-state index contributed by atoms with van der Waals surface area (Å²) in [7, 11) is 0.